The Kier molecular flexibility index (Phi) is 7.18. The first-order valence-electron chi connectivity index (χ1n) is 8.30. The van der Waals surface area contributed by atoms with Crippen molar-refractivity contribution in [2.45, 2.75) is 38.6 Å². The average molecular weight is 368 g/mol. The van der Waals surface area contributed by atoms with Crippen LogP contribution in [-0.2, 0) is 14.3 Å². The molecule has 0 bridgehead atoms. The molecular weight excluding hydrogens is 346 g/mol. The maximum atomic E-state index is 11.9. The zero-order chi connectivity index (χ0) is 18.2. The fraction of sp³-hybridized carbons (Fsp3) is 0.529. The van der Waals surface area contributed by atoms with E-state index in [2.05, 4.69) is 22.5 Å². The minimum atomic E-state index is -0.692. The van der Waals surface area contributed by atoms with Gasteiger partial charge >= 0.3 is 5.97 Å². The van der Waals surface area contributed by atoms with E-state index in [0.717, 1.165) is 19.3 Å². The molecule has 0 unspecified atom stereocenters. The zero-order valence-corrected chi connectivity index (χ0v) is 14.8. The van der Waals surface area contributed by atoms with Gasteiger partial charge in [0.05, 0.1) is 0 Å². The quantitative estimate of drug-likeness (QED) is 0.746. The molecule has 1 aromatic heterocycles. The van der Waals surface area contributed by atoms with E-state index < -0.39 is 11.9 Å². The summed E-state index contributed by atoms with van der Waals surface area (Å²) in [5.41, 5.74) is 0.101. The van der Waals surface area contributed by atoms with Crippen LogP contribution in [0.3, 0.4) is 0 Å². The summed E-state index contributed by atoms with van der Waals surface area (Å²) in [7, 11) is 0. The van der Waals surface area contributed by atoms with Crippen LogP contribution in [0.15, 0.2) is 18.3 Å². The maximum absolute atomic E-state index is 11.9. The molecule has 1 heterocycles. The number of hydrogen-bond donors (Lipinski definition) is 2. The molecule has 2 N–H and O–H groups in total. The van der Waals surface area contributed by atoms with Crippen molar-refractivity contribution >= 4 is 29.4 Å². The Hall–Kier alpha value is -2.15. The van der Waals surface area contributed by atoms with E-state index in [4.69, 9.17) is 16.3 Å². The molecule has 1 fully saturated rings. The molecule has 2 rings (SSSR count). The fourth-order valence-electron chi connectivity index (χ4n) is 2.75. The monoisotopic (exact) mass is 367 g/mol. The Morgan fingerprint density at radius 2 is 2.08 bits per heavy atom. The minimum absolute atomic E-state index is 0.101. The number of nitrogens with zero attached hydrogens (tertiary/aromatic N) is 1. The van der Waals surface area contributed by atoms with Gasteiger partial charge in [0.25, 0.3) is 11.8 Å². The van der Waals surface area contributed by atoms with E-state index in [9.17, 15) is 14.4 Å². The molecule has 2 atom stereocenters. The van der Waals surface area contributed by atoms with E-state index >= 15 is 0 Å². The normalized spacial score (nSPS) is 19.8. The van der Waals surface area contributed by atoms with Crippen molar-refractivity contribution in [1.29, 1.82) is 0 Å². The Bertz CT molecular complexity index is 638. The number of halogens is 1. The number of esters is 1. The highest BCUT2D eigenvalue weighted by Gasteiger charge is 2.23. The van der Waals surface area contributed by atoms with Gasteiger partial charge in [-0.1, -0.05) is 31.4 Å². The second-order valence-corrected chi connectivity index (χ2v) is 6.57. The third kappa shape index (κ3) is 6.34. The van der Waals surface area contributed by atoms with Crippen LogP contribution >= 0.6 is 11.6 Å². The van der Waals surface area contributed by atoms with Crippen molar-refractivity contribution in [3.8, 4) is 0 Å². The second kappa shape index (κ2) is 9.36. The Morgan fingerprint density at radius 1 is 1.32 bits per heavy atom. The highest BCUT2D eigenvalue weighted by Crippen LogP contribution is 2.23. The van der Waals surface area contributed by atoms with Gasteiger partial charge in [0.15, 0.2) is 6.61 Å². The summed E-state index contributed by atoms with van der Waals surface area (Å²) < 4.78 is 4.88. The van der Waals surface area contributed by atoms with Crippen LogP contribution in [0.2, 0.25) is 5.02 Å². The summed E-state index contributed by atoms with van der Waals surface area (Å²) in [6, 6.07) is 3.06. The molecule has 136 valence electrons. The number of aromatic nitrogens is 1. The van der Waals surface area contributed by atoms with E-state index in [0.29, 0.717) is 10.9 Å². The number of hydrogen-bond acceptors (Lipinski definition) is 5. The highest BCUT2D eigenvalue weighted by molar-refractivity contribution is 6.30. The molecule has 1 aliphatic rings. The van der Waals surface area contributed by atoms with Crippen LogP contribution in [0.1, 0.15) is 43.1 Å². The van der Waals surface area contributed by atoms with Gasteiger partial charge in [-0.2, -0.15) is 0 Å². The summed E-state index contributed by atoms with van der Waals surface area (Å²) in [5.74, 6) is -1.13. The zero-order valence-electron chi connectivity index (χ0n) is 14.1. The summed E-state index contributed by atoms with van der Waals surface area (Å²) in [4.78, 5) is 39.2. The van der Waals surface area contributed by atoms with Crippen LogP contribution in [-0.4, -0.2) is 42.0 Å². The van der Waals surface area contributed by atoms with Crippen molar-refractivity contribution in [3.63, 3.8) is 0 Å². The van der Waals surface area contributed by atoms with Crippen molar-refractivity contribution in [2.75, 3.05) is 13.2 Å². The Morgan fingerprint density at radius 3 is 2.80 bits per heavy atom. The lowest BCUT2D eigenvalue weighted by Crippen LogP contribution is -2.43. The predicted octanol–water partition coefficient (Wildman–Crippen LogP) is 1.70. The molecule has 0 radical (unpaired) electrons. The first kappa shape index (κ1) is 19.2. The summed E-state index contributed by atoms with van der Waals surface area (Å²) in [6.45, 7) is 1.41. The molecule has 2 amide bonds. The molecule has 1 aliphatic carbocycles. The number of rotatable bonds is 6. The van der Waals surface area contributed by atoms with Gasteiger partial charge in [0, 0.05) is 17.3 Å². The van der Waals surface area contributed by atoms with Crippen molar-refractivity contribution in [1.82, 2.24) is 15.6 Å². The first-order valence-corrected chi connectivity index (χ1v) is 8.68. The van der Waals surface area contributed by atoms with E-state index in [1.165, 1.54) is 18.7 Å². The number of carbonyl (C=O) groups excluding carboxylic acids is 3. The lowest BCUT2D eigenvalue weighted by molar-refractivity contribution is -0.147. The number of ether oxygens (including phenoxy) is 1. The molecule has 1 saturated carbocycles. The summed E-state index contributed by atoms with van der Waals surface area (Å²) in [6.07, 6.45) is 5.71. The maximum Gasteiger partial charge on any atom is 0.325 e. The second-order valence-electron chi connectivity index (χ2n) is 6.14. The Balaban J connectivity index is 1.68. The highest BCUT2D eigenvalue weighted by atomic mass is 35.5. The van der Waals surface area contributed by atoms with Crippen LogP contribution in [0.25, 0.3) is 0 Å². The molecule has 8 heteroatoms. The van der Waals surface area contributed by atoms with E-state index in [1.54, 1.807) is 6.07 Å². The van der Waals surface area contributed by atoms with E-state index in [-0.39, 0.29) is 30.8 Å². The van der Waals surface area contributed by atoms with Gasteiger partial charge in [-0.3, -0.25) is 19.4 Å². The molecule has 25 heavy (non-hydrogen) atoms. The molecule has 0 aliphatic heterocycles. The molecule has 0 aromatic carbocycles. The number of nitrogens with one attached hydrogen (secondary N) is 2. The minimum Gasteiger partial charge on any atom is -0.454 e. The average Bonchev–Trinajstić information content (AvgIpc) is 2.60. The van der Waals surface area contributed by atoms with Gasteiger partial charge in [-0.25, -0.2) is 0 Å². The Labute approximate surface area is 151 Å². The molecule has 7 nitrogen and oxygen atoms in total. The lowest BCUT2D eigenvalue weighted by Gasteiger charge is -2.29. The van der Waals surface area contributed by atoms with Gasteiger partial charge < -0.3 is 15.4 Å². The molecule has 0 saturated heterocycles. The van der Waals surface area contributed by atoms with E-state index in [1.807, 2.05) is 0 Å². The third-order valence-corrected chi connectivity index (χ3v) is 4.41. The summed E-state index contributed by atoms with van der Waals surface area (Å²) >= 11 is 5.77. The molecule has 1 aromatic rings. The molecule has 0 spiro atoms. The van der Waals surface area contributed by atoms with Crippen LogP contribution in [0.5, 0.6) is 0 Å². The number of pyridine rings is 1. The standard InChI is InChI=1S/C17H22ClN3O4/c1-11-4-2-3-5-13(11)21-15(22)10-25-16(23)9-20-17(24)14-8-12(18)6-7-19-14/h6-8,11,13H,2-5,9-10H2,1H3,(H,20,24)(H,21,22)/t11-,13+/m1/s1. The van der Waals surface area contributed by atoms with Gasteiger partial charge in [-0.15, -0.1) is 0 Å². The van der Waals surface area contributed by atoms with Crippen molar-refractivity contribution in [2.24, 2.45) is 5.92 Å². The van der Waals surface area contributed by atoms with Gasteiger partial charge in [0.2, 0.25) is 0 Å². The van der Waals surface area contributed by atoms with Gasteiger partial charge in [-0.05, 0) is 30.9 Å². The number of amides is 2. The largest absolute Gasteiger partial charge is 0.454 e. The lowest BCUT2D eigenvalue weighted by atomic mass is 9.86. The summed E-state index contributed by atoms with van der Waals surface area (Å²) in [5, 5.41) is 5.64. The SMILES string of the molecule is C[C@@H]1CCCC[C@@H]1NC(=O)COC(=O)CNC(=O)c1cc(Cl)ccn1. The van der Waals surface area contributed by atoms with Crippen LogP contribution in [0.4, 0.5) is 0 Å². The van der Waals surface area contributed by atoms with Crippen LogP contribution in [0, 0.1) is 5.92 Å². The van der Waals surface area contributed by atoms with Crippen molar-refractivity contribution < 1.29 is 19.1 Å². The number of carbonyl (C=O) groups is 3. The topological polar surface area (TPSA) is 97.4 Å². The smallest absolute Gasteiger partial charge is 0.325 e. The third-order valence-electron chi connectivity index (χ3n) is 4.17. The predicted molar refractivity (Wildman–Crippen MR) is 92.1 cm³/mol. The van der Waals surface area contributed by atoms with Gasteiger partial charge in [0.1, 0.15) is 12.2 Å². The van der Waals surface area contributed by atoms with Crippen LogP contribution < -0.4 is 10.6 Å². The first-order chi connectivity index (χ1) is 12.0. The fourth-order valence-corrected chi connectivity index (χ4v) is 2.91. The van der Waals surface area contributed by atoms with Crippen molar-refractivity contribution in [3.05, 3.63) is 29.0 Å². The molecular formula is C17H22ClN3O4.